The van der Waals surface area contributed by atoms with E-state index in [1.807, 2.05) is 61.5 Å². The summed E-state index contributed by atoms with van der Waals surface area (Å²) in [6.07, 6.45) is 0. The normalized spacial score (nSPS) is 11.0. The van der Waals surface area contributed by atoms with E-state index in [9.17, 15) is 4.79 Å². The Bertz CT molecular complexity index is 689. The van der Waals surface area contributed by atoms with E-state index in [-0.39, 0.29) is 12.1 Å². The predicted molar refractivity (Wildman–Crippen MR) is 92.4 cm³/mol. The van der Waals surface area contributed by atoms with Crippen LogP contribution in [0, 0.1) is 11.8 Å². The number of carbonyl (C=O) groups excluding carboxylic acids is 1. The summed E-state index contributed by atoms with van der Waals surface area (Å²) < 4.78 is 0.978. The van der Waals surface area contributed by atoms with Gasteiger partial charge in [0.05, 0.1) is 12.6 Å². The first kappa shape index (κ1) is 16.1. The predicted octanol–water partition coefficient (Wildman–Crippen LogP) is 3.86. The standard InChI is InChI=1S/C18H17BrN2O/c1-14(16-11-5-6-12-17(16)19)21-18(22)20-13-7-10-15-8-3-2-4-9-15/h2-6,8-9,11-12,14H,13H2,1H3,(H2,20,21,22). The Hall–Kier alpha value is -2.25. The molecule has 2 rings (SSSR count). The molecule has 2 amide bonds. The summed E-state index contributed by atoms with van der Waals surface area (Å²) in [4.78, 5) is 11.8. The molecule has 0 spiro atoms. The van der Waals surface area contributed by atoms with Crippen LogP contribution in [0.25, 0.3) is 0 Å². The van der Waals surface area contributed by atoms with E-state index in [2.05, 4.69) is 38.4 Å². The average Bonchev–Trinajstić information content (AvgIpc) is 2.53. The molecule has 0 bridgehead atoms. The molecule has 1 atom stereocenters. The van der Waals surface area contributed by atoms with Crippen molar-refractivity contribution in [2.75, 3.05) is 6.54 Å². The van der Waals surface area contributed by atoms with Gasteiger partial charge in [-0.25, -0.2) is 4.79 Å². The zero-order chi connectivity index (χ0) is 15.8. The number of hydrogen-bond acceptors (Lipinski definition) is 1. The van der Waals surface area contributed by atoms with Gasteiger partial charge in [0, 0.05) is 10.0 Å². The lowest BCUT2D eigenvalue weighted by atomic mass is 10.1. The lowest BCUT2D eigenvalue weighted by Crippen LogP contribution is -2.37. The number of nitrogens with one attached hydrogen (secondary N) is 2. The largest absolute Gasteiger partial charge is 0.332 e. The Morgan fingerprint density at radius 3 is 2.55 bits per heavy atom. The van der Waals surface area contributed by atoms with Gasteiger partial charge in [0.1, 0.15) is 0 Å². The number of urea groups is 1. The summed E-state index contributed by atoms with van der Waals surface area (Å²) >= 11 is 3.48. The first-order chi connectivity index (χ1) is 10.7. The fourth-order valence-corrected chi connectivity index (χ4v) is 2.57. The summed E-state index contributed by atoms with van der Waals surface area (Å²) in [6, 6.07) is 17.2. The van der Waals surface area contributed by atoms with Crippen LogP contribution in [0.15, 0.2) is 59.1 Å². The molecule has 1 unspecified atom stereocenters. The number of rotatable bonds is 3. The molecular formula is C18H17BrN2O. The summed E-state index contributed by atoms with van der Waals surface area (Å²) in [6.45, 7) is 2.25. The van der Waals surface area contributed by atoms with Crippen LogP contribution in [0.2, 0.25) is 0 Å². The van der Waals surface area contributed by atoms with Gasteiger partial charge in [-0.1, -0.05) is 64.2 Å². The van der Waals surface area contributed by atoms with Crippen molar-refractivity contribution in [3.05, 3.63) is 70.2 Å². The molecule has 0 heterocycles. The van der Waals surface area contributed by atoms with Crippen molar-refractivity contribution < 1.29 is 4.79 Å². The van der Waals surface area contributed by atoms with E-state index >= 15 is 0 Å². The van der Waals surface area contributed by atoms with Crippen LogP contribution < -0.4 is 10.6 Å². The number of carbonyl (C=O) groups is 1. The summed E-state index contributed by atoms with van der Waals surface area (Å²) in [5, 5.41) is 5.62. The first-order valence-electron chi connectivity index (χ1n) is 6.99. The smallest absolute Gasteiger partial charge is 0.316 e. The van der Waals surface area contributed by atoms with Gasteiger partial charge in [0.25, 0.3) is 0 Å². The first-order valence-corrected chi connectivity index (χ1v) is 7.79. The molecule has 2 N–H and O–H groups in total. The maximum absolute atomic E-state index is 11.8. The number of hydrogen-bond donors (Lipinski definition) is 2. The van der Waals surface area contributed by atoms with Gasteiger partial charge in [-0.2, -0.15) is 0 Å². The Kier molecular flexibility index (Phi) is 6.05. The van der Waals surface area contributed by atoms with Gasteiger partial charge < -0.3 is 10.6 Å². The fraction of sp³-hybridized carbons (Fsp3) is 0.167. The number of amides is 2. The van der Waals surface area contributed by atoms with E-state index in [1.54, 1.807) is 0 Å². The highest BCUT2D eigenvalue weighted by Gasteiger charge is 2.10. The molecule has 0 saturated carbocycles. The second-order valence-electron chi connectivity index (χ2n) is 4.74. The van der Waals surface area contributed by atoms with Crippen molar-refractivity contribution in [2.24, 2.45) is 0 Å². The van der Waals surface area contributed by atoms with Crippen LogP contribution in [-0.4, -0.2) is 12.6 Å². The molecule has 112 valence electrons. The van der Waals surface area contributed by atoms with Crippen molar-refractivity contribution in [3.8, 4) is 11.8 Å². The third kappa shape index (κ3) is 4.94. The highest BCUT2D eigenvalue weighted by Crippen LogP contribution is 2.22. The number of benzene rings is 2. The SMILES string of the molecule is CC(NC(=O)NCC#Cc1ccccc1)c1ccccc1Br. The van der Waals surface area contributed by atoms with Crippen molar-refractivity contribution in [3.63, 3.8) is 0 Å². The monoisotopic (exact) mass is 356 g/mol. The Labute approximate surface area is 139 Å². The quantitative estimate of drug-likeness (QED) is 0.805. The molecule has 0 aliphatic rings. The van der Waals surface area contributed by atoms with Crippen molar-refractivity contribution in [1.82, 2.24) is 10.6 Å². The Morgan fingerprint density at radius 1 is 1.14 bits per heavy atom. The van der Waals surface area contributed by atoms with Crippen LogP contribution in [0.5, 0.6) is 0 Å². The summed E-state index contributed by atoms with van der Waals surface area (Å²) in [5.41, 5.74) is 1.97. The molecular weight excluding hydrogens is 340 g/mol. The van der Waals surface area contributed by atoms with E-state index < -0.39 is 0 Å². The van der Waals surface area contributed by atoms with Gasteiger partial charge in [-0.15, -0.1) is 0 Å². The highest BCUT2D eigenvalue weighted by molar-refractivity contribution is 9.10. The molecule has 4 heteroatoms. The maximum atomic E-state index is 11.8. The zero-order valence-electron chi connectivity index (χ0n) is 12.3. The van der Waals surface area contributed by atoms with Gasteiger partial charge in [-0.3, -0.25) is 0 Å². The topological polar surface area (TPSA) is 41.1 Å². The van der Waals surface area contributed by atoms with Gasteiger partial charge >= 0.3 is 6.03 Å². The minimum atomic E-state index is -0.231. The van der Waals surface area contributed by atoms with Gasteiger partial charge in [0.15, 0.2) is 0 Å². The molecule has 0 aromatic heterocycles. The molecule has 22 heavy (non-hydrogen) atoms. The molecule has 0 radical (unpaired) electrons. The molecule has 0 saturated heterocycles. The van der Waals surface area contributed by atoms with Crippen LogP contribution >= 0.6 is 15.9 Å². The van der Waals surface area contributed by atoms with Crippen molar-refractivity contribution in [1.29, 1.82) is 0 Å². The Balaban J connectivity index is 1.81. The molecule has 0 fully saturated rings. The van der Waals surface area contributed by atoms with Crippen LogP contribution in [-0.2, 0) is 0 Å². The van der Waals surface area contributed by atoms with Crippen LogP contribution in [0.3, 0.4) is 0 Å². The summed E-state index contributed by atoms with van der Waals surface area (Å²) in [5.74, 6) is 5.92. The third-order valence-corrected chi connectivity index (χ3v) is 3.79. The second kappa shape index (κ2) is 8.26. The lowest BCUT2D eigenvalue weighted by Gasteiger charge is -2.15. The zero-order valence-corrected chi connectivity index (χ0v) is 13.9. The second-order valence-corrected chi connectivity index (χ2v) is 5.59. The van der Waals surface area contributed by atoms with Crippen molar-refractivity contribution >= 4 is 22.0 Å². The van der Waals surface area contributed by atoms with Crippen LogP contribution in [0.4, 0.5) is 4.79 Å². The molecule has 0 aliphatic carbocycles. The minimum Gasteiger partial charge on any atom is -0.332 e. The van der Waals surface area contributed by atoms with Gasteiger partial charge in [-0.05, 0) is 30.7 Å². The molecule has 0 aliphatic heterocycles. The maximum Gasteiger partial charge on any atom is 0.316 e. The third-order valence-electron chi connectivity index (χ3n) is 3.06. The Morgan fingerprint density at radius 2 is 1.82 bits per heavy atom. The molecule has 2 aromatic carbocycles. The van der Waals surface area contributed by atoms with E-state index in [0.29, 0.717) is 6.54 Å². The fourth-order valence-electron chi connectivity index (χ4n) is 1.94. The highest BCUT2D eigenvalue weighted by atomic mass is 79.9. The summed E-state index contributed by atoms with van der Waals surface area (Å²) in [7, 11) is 0. The van der Waals surface area contributed by atoms with E-state index in [0.717, 1.165) is 15.6 Å². The van der Waals surface area contributed by atoms with Crippen molar-refractivity contribution in [2.45, 2.75) is 13.0 Å². The number of halogens is 1. The molecule has 2 aromatic rings. The minimum absolute atomic E-state index is 0.0855. The molecule has 3 nitrogen and oxygen atoms in total. The van der Waals surface area contributed by atoms with E-state index in [4.69, 9.17) is 0 Å². The van der Waals surface area contributed by atoms with Gasteiger partial charge in [0.2, 0.25) is 0 Å². The lowest BCUT2D eigenvalue weighted by molar-refractivity contribution is 0.239. The average molecular weight is 357 g/mol. The van der Waals surface area contributed by atoms with Crippen LogP contribution in [0.1, 0.15) is 24.1 Å². The van der Waals surface area contributed by atoms with E-state index in [1.165, 1.54) is 0 Å².